The minimum atomic E-state index is -1.04. The van der Waals surface area contributed by atoms with Crippen molar-refractivity contribution in [1.29, 1.82) is 0 Å². The summed E-state index contributed by atoms with van der Waals surface area (Å²) in [5.41, 5.74) is 1.53. The van der Waals surface area contributed by atoms with E-state index in [0.717, 1.165) is 5.56 Å². The van der Waals surface area contributed by atoms with Crippen LogP contribution in [0.4, 0.5) is 0 Å². The number of ether oxygens (including phenoxy) is 2. The van der Waals surface area contributed by atoms with Gasteiger partial charge in [-0.25, -0.2) is 0 Å². The maximum atomic E-state index is 14.1. The number of hydrogen-bond acceptors (Lipinski definition) is 7. The van der Waals surface area contributed by atoms with E-state index in [0.29, 0.717) is 23.5 Å². The fraction of sp³-hybridized carbons (Fsp3) is 0.455. The maximum absolute atomic E-state index is 14.1. The van der Waals surface area contributed by atoms with Gasteiger partial charge in [0.15, 0.2) is 0 Å². The SMILES string of the molecule is COc1ccc2cc1C=CNC(=O)C(Cc1ccccc1)NC(=O)C1C(CCN1C(=O)C(NC(=O)C(C)N(C)C)C(C)C)O2. The van der Waals surface area contributed by atoms with Gasteiger partial charge < -0.3 is 30.3 Å². The fourth-order valence-electron chi connectivity index (χ4n) is 5.37. The summed E-state index contributed by atoms with van der Waals surface area (Å²) in [4.78, 5) is 57.8. The Balaban J connectivity index is 1.70. The highest BCUT2D eigenvalue weighted by Gasteiger charge is 2.46. The molecular formula is C33H43N5O6. The Morgan fingerprint density at radius 1 is 1.09 bits per heavy atom. The topological polar surface area (TPSA) is 129 Å². The van der Waals surface area contributed by atoms with Crippen molar-refractivity contribution in [2.45, 2.75) is 63.9 Å². The summed E-state index contributed by atoms with van der Waals surface area (Å²) in [7, 11) is 5.13. The van der Waals surface area contributed by atoms with Gasteiger partial charge in [0.25, 0.3) is 0 Å². The quantitative estimate of drug-likeness (QED) is 0.420. The van der Waals surface area contributed by atoms with Crippen LogP contribution in [0.15, 0.2) is 54.7 Å². The average Bonchev–Trinajstić information content (AvgIpc) is 3.42. The Bertz CT molecular complexity index is 1380. The summed E-state index contributed by atoms with van der Waals surface area (Å²) >= 11 is 0. The molecule has 2 aromatic carbocycles. The molecule has 11 nitrogen and oxygen atoms in total. The first-order valence-corrected chi connectivity index (χ1v) is 14.9. The van der Waals surface area contributed by atoms with Crippen LogP contribution < -0.4 is 25.4 Å². The average molecular weight is 606 g/mol. The summed E-state index contributed by atoms with van der Waals surface area (Å²) < 4.78 is 11.9. The molecule has 11 heteroatoms. The Hall–Kier alpha value is -4.38. The van der Waals surface area contributed by atoms with E-state index in [1.165, 1.54) is 11.1 Å². The maximum Gasteiger partial charge on any atom is 0.247 e. The van der Waals surface area contributed by atoms with Crippen molar-refractivity contribution >= 4 is 29.7 Å². The molecule has 2 bridgehead atoms. The molecule has 5 unspecified atom stereocenters. The standard InChI is InChI=1S/C33H43N5O6/c1-20(2)28(36-30(39)21(3)37(4)5)33(42)38-17-15-27-29(38)32(41)35-25(18-22-10-8-7-9-11-22)31(40)34-16-14-23-19-24(44-27)12-13-26(23)43-6/h7-14,16,19-21,25,27-29H,15,17-18H2,1-6H3,(H,34,40)(H,35,41)(H,36,39). The summed E-state index contributed by atoms with van der Waals surface area (Å²) in [6.45, 7) is 5.70. The zero-order valence-electron chi connectivity index (χ0n) is 26.2. The van der Waals surface area contributed by atoms with E-state index in [1.54, 1.807) is 57.3 Å². The van der Waals surface area contributed by atoms with Crippen molar-refractivity contribution in [3.05, 3.63) is 65.9 Å². The molecule has 0 aliphatic carbocycles. The molecule has 2 aliphatic heterocycles. The van der Waals surface area contributed by atoms with Crippen molar-refractivity contribution in [1.82, 2.24) is 25.8 Å². The highest BCUT2D eigenvalue weighted by atomic mass is 16.5. The zero-order chi connectivity index (χ0) is 32.0. The number of fused-ring (bicyclic) bond motifs is 3. The molecule has 2 aromatic rings. The Kier molecular flexibility index (Phi) is 10.6. The van der Waals surface area contributed by atoms with Crippen molar-refractivity contribution in [3.63, 3.8) is 0 Å². The number of likely N-dealkylation sites (tertiary alicyclic amines) is 1. The van der Waals surface area contributed by atoms with Crippen molar-refractivity contribution < 1.29 is 28.7 Å². The molecule has 2 aliphatic rings. The van der Waals surface area contributed by atoms with Gasteiger partial charge in [0.1, 0.15) is 35.7 Å². The van der Waals surface area contributed by atoms with Crippen LogP contribution in [-0.4, -0.2) is 91.4 Å². The Morgan fingerprint density at radius 2 is 1.82 bits per heavy atom. The molecule has 0 spiro atoms. The third kappa shape index (κ3) is 7.57. The summed E-state index contributed by atoms with van der Waals surface area (Å²) in [6, 6.07) is 11.3. The summed E-state index contributed by atoms with van der Waals surface area (Å²) in [5, 5.41) is 8.58. The Labute approximate surface area is 258 Å². The number of amides is 4. The van der Waals surface area contributed by atoms with Crippen LogP contribution in [0.1, 0.15) is 38.3 Å². The van der Waals surface area contributed by atoms with Crippen LogP contribution in [0.5, 0.6) is 11.5 Å². The van der Waals surface area contributed by atoms with E-state index in [-0.39, 0.29) is 30.7 Å². The van der Waals surface area contributed by atoms with Crippen LogP contribution in [0.25, 0.3) is 6.08 Å². The van der Waals surface area contributed by atoms with Gasteiger partial charge in [-0.2, -0.15) is 0 Å². The van der Waals surface area contributed by atoms with Crippen molar-refractivity contribution in [3.8, 4) is 11.5 Å². The molecule has 0 saturated carbocycles. The first kappa shape index (κ1) is 32.5. The highest BCUT2D eigenvalue weighted by Crippen LogP contribution is 2.30. The number of carbonyl (C=O) groups excluding carboxylic acids is 4. The number of rotatable bonds is 8. The second-order valence-corrected chi connectivity index (χ2v) is 11.8. The smallest absolute Gasteiger partial charge is 0.247 e. The predicted molar refractivity (Wildman–Crippen MR) is 167 cm³/mol. The molecular weight excluding hydrogens is 562 g/mol. The van der Waals surface area contributed by atoms with Crippen LogP contribution >= 0.6 is 0 Å². The van der Waals surface area contributed by atoms with Gasteiger partial charge in [0.05, 0.1) is 13.2 Å². The van der Waals surface area contributed by atoms with Gasteiger partial charge in [0, 0.05) is 31.1 Å². The number of benzene rings is 2. The lowest BCUT2D eigenvalue weighted by atomic mass is 10.0. The van der Waals surface area contributed by atoms with E-state index in [1.807, 2.05) is 44.2 Å². The van der Waals surface area contributed by atoms with Crippen LogP contribution in [0.2, 0.25) is 0 Å². The number of methoxy groups -OCH3 is 1. The minimum Gasteiger partial charge on any atom is -0.496 e. The van der Waals surface area contributed by atoms with E-state index in [4.69, 9.17) is 9.47 Å². The molecule has 5 atom stereocenters. The number of hydrogen-bond donors (Lipinski definition) is 3. The summed E-state index contributed by atoms with van der Waals surface area (Å²) in [5.74, 6) is -0.763. The van der Waals surface area contributed by atoms with Crippen LogP contribution in [0.3, 0.4) is 0 Å². The summed E-state index contributed by atoms with van der Waals surface area (Å²) in [6.07, 6.45) is 3.13. The second kappa shape index (κ2) is 14.4. The molecule has 44 heavy (non-hydrogen) atoms. The zero-order valence-corrected chi connectivity index (χ0v) is 26.2. The highest BCUT2D eigenvalue weighted by molar-refractivity contribution is 5.96. The van der Waals surface area contributed by atoms with Gasteiger partial charge in [-0.05, 0) is 56.8 Å². The molecule has 2 heterocycles. The number of carbonyl (C=O) groups is 4. The van der Waals surface area contributed by atoms with Crippen molar-refractivity contribution in [2.24, 2.45) is 5.92 Å². The molecule has 1 fully saturated rings. The van der Waals surface area contributed by atoms with Crippen LogP contribution in [0, 0.1) is 5.92 Å². The lowest BCUT2D eigenvalue weighted by Crippen LogP contribution is -2.60. The molecule has 1 saturated heterocycles. The number of nitrogens with zero attached hydrogens (tertiary/aromatic N) is 2. The minimum absolute atomic E-state index is 0.238. The molecule has 0 radical (unpaired) electrons. The lowest BCUT2D eigenvalue weighted by Gasteiger charge is -2.33. The van der Waals surface area contributed by atoms with Gasteiger partial charge >= 0.3 is 0 Å². The third-order valence-electron chi connectivity index (χ3n) is 8.17. The van der Waals surface area contributed by atoms with E-state index < -0.39 is 42.1 Å². The third-order valence-corrected chi connectivity index (χ3v) is 8.17. The lowest BCUT2D eigenvalue weighted by molar-refractivity contribution is -0.144. The predicted octanol–water partition coefficient (Wildman–Crippen LogP) is 1.96. The fourth-order valence-corrected chi connectivity index (χ4v) is 5.37. The molecule has 4 amide bonds. The van der Waals surface area contributed by atoms with Crippen LogP contribution in [-0.2, 0) is 25.6 Å². The Morgan fingerprint density at radius 3 is 2.48 bits per heavy atom. The van der Waals surface area contributed by atoms with Crippen molar-refractivity contribution in [2.75, 3.05) is 27.7 Å². The van der Waals surface area contributed by atoms with Gasteiger partial charge in [-0.3, -0.25) is 24.1 Å². The molecule has 236 valence electrons. The van der Waals surface area contributed by atoms with E-state index in [2.05, 4.69) is 16.0 Å². The normalized spacial score (nSPS) is 21.5. The van der Waals surface area contributed by atoms with Gasteiger partial charge in [-0.1, -0.05) is 44.2 Å². The monoisotopic (exact) mass is 605 g/mol. The van der Waals surface area contributed by atoms with E-state index >= 15 is 0 Å². The first-order valence-electron chi connectivity index (χ1n) is 14.9. The molecule has 3 N–H and O–H groups in total. The second-order valence-electron chi connectivity index (χ2n) is 11.8. The number of likely N-dealkylation sites (N-methyl/N-ethyl adjacent to an activating group) is 1. The number of nitrogens with one attached hydrogen (secondary N) is 3. The van der Waals surface area contributed by atoms with E-state index in [9.17, 15) is 19.2 Å². The largest absolute Gasteiger partial charge is 0.496 e. The molecule has 0 aromatic heterocycles. The van der Waals surface area contributed by atoms with Gasteiger partial charge in [0.2, 0.25) is 23.6 Å². The van der Waals surface area contributed by atoms with Gasteiger partial charge in [-0.15, -0.1) is 0 Å². The molecule has 4 rings (SSSR count). The first-order chi connectivity index (χ1) is 21.0.